The number of halogens is 1. The Bertz CT molecular complexity index is 3330. The zero-order valence-corrected chi connectivity index (χ0v) is 59.8. The van der Waals surface area contributed by atoms with Crippen molar-refractivity contribution in [1.29, 1.82) is 0 Å². The van der Waals surface area contributed by atoms with Gasteiger partial charge in [-0.25, -0.2) is 9.59 Å². The van der Waals surface area contributed by atoms with Gasteiger partial charge in [-0.05, 0) is 158 Å². The second-order valence-electron chi connectivity index (χ2n) is 21.7. The van der Waals surface area contributed by atoms with Crippen LogP contribution in [0.25, 0.3) is 55.4 Å². The minimum absolute atomic E-state index is 0. The molecule has 0 bridgehead atoms. The summed E-state index contributed by atoms with van der Waals surface area (Å²) < 4.78 is 35.4. The van der Waals surface area contributed by atoms with E-state index < -0.39 is 18.3 Å². The number of H-pyrrole nitrogens is 4. The van der Waals surface area contributed by atoms with Crippen LogP contribution in [0.4, 0.5) is 0 Å². The molecule has 1 saturated heterocycles. The second kappa shape index (κ2) is 25.3. The molecule has 23 heteroatoms. The normalized spacial score (nSPS) is 17.1. The molecule has 2 aromatic carbocycles. The Labute approximate surface area is 567 Å². The van der Waals surface area contributed by atoms with E-state index in [4.69, 9.17) is 37.5 Å². The monoisotopic (exact) mass is 1340 g/mol. The number of hydrogen-bond acceptors (Lipinski definition) is 15. The van der Waals surface area contributed by atoms with Crippen LogP contribution in [-0.2, 0) is 19.0 Å². The molecule has 19 nitrogen and oxygen atoms in total. The number of rotatable bonds is 9. The van der Waals surface area contributed by atoms with Crippen molar-refractivity contribution in [1.82, 2.24) is 40.6 Å². The molecule has 76 heavy (non-hydrogen) atoms. The summed E-state index contributed by atoms with van der Waals surface area (Å²) in [7, 11) is -0.589. The van der Waals surface area contributed by atoms with Gasteiger partial charge < -0.3 is 58.9 Å². The van der Waals surface area contributed by atoms with Crippen molar-refractivity contribution in [3.8, 4) is 33.4 Å². The molecule has 13 rings (SSSR count). The fourth-order valence-corrected chi connectivity index (χ4v) is 9.90. The summed E-state index contributed by atoms with van der Waals surface area (Å²) in [6.07, 6.45) is 9.66. The van der Waals surface area contributed by atoms with E-state index in [0.29, 0.717) is 34.7 Å². The maximum atomic E-state index is 12.1. The quantitative estimate of drug-likeness (QED) is 0.0676. The number of aromatic amines is 4. The largest absolute Gasteiger partial charge is 1.00 e. The van der Waals surface area contributed by atoms with E-state index in [-0.39, 0.29) is 157 Å². The smallest absolute Gasteiger partial charge is 1.00 e. The molecule has 5 aliphatic rings. The Kier molecular flexibility index (Phi) is 20.5. The summed E-state index contributed by atoms with van der Waals surface area (Å²) in [4.78, 5) is 46.9. The first kappa shape index (κ1) is 61.4. The molecule has 4 N–H and O–H groups in total. The van der Waals surface area contributed by atoms with Gasteiger partial charge in [0, 0.05) is 45.8 Å². The molecule has 6 aromatic heterocycles. The second-order valence-corrected chi connectivity index (χ2v) is 22.4. The van der Waals surface area contributed by atoms with Crippen LogP contribution in [0.2, 0.25) is 0 Å². The van der Waals surface area contributed by atoms with E-state index in [9.17, 15) is 9.59 Å². The van der Waals surface area contributed by atoms with Crippen LogP contribution in [0.1, 0.15) is 171 Å². The summed E-state index contributed by atoms with van der Waals surface area (Å²) in [5, 5.41) is 25.1. The molecule has 1 aliphatic heterocycles. The van der Waals surface area contributed by atoms with Crippen LogP contribution in [-0.4, -0.2) is 65.4 Å². The van der Waals surface area contributed by atoms with E-state index in [1.54, 1.807) is 0 Å². The molecule has 394 valence electrons. The van der Waals surface area contributed by atoms with Crippen LogP contribution in [0, 0.1) is 33.6 Å². The standard InChI is InChI=1S/C21H20N4O3.C18H22BN3O4.C9H10BrNO.C4H10.CH2O3.2Cs.H/c1-9-16(10(2)27-24-9)13-7-14(19-15(8-13)22-21(26)23-19)17-18(11-3-4-11)25-28-20(17)12-5-6-12;1-9-14(10(2)24-22-9)11-7-12(15-13(8-11)20-16(23)21-15)19-25-17(3,4)18(5,6)26-19;10-7-8(5-1-2-5)11-12-9(7)6-3-4-6;1-4(2)3;2-1-4-3;;;/h7-8,11-12H,3-6H2,1-2H3,(H2,22,23,26);7-8H,1-6H3,(H2,20,21,23);5-6H,1-4H2;4H,1-3H3;1,3H;;;/q;;;;;2*+1;-1/p-1. The maximum Gasteiger partial charge on any atom is 1.00 e. The minimum atomic E-state index is -0.589. The fraction of sp³-hybridized carbons (Fsp3) is 0.491. The van der Waals surface area contributed by atoms with Crippen molar-refractivity contribution in [2.75, 3.05) is 0 Å². The first-order chi connectivity index (χ1) is 35.2. The number of fused-ring (bicyclic) bond motifs is 2. The number of benzene rings is 2. The molecule has 4 saturated carbocycles. The molecule has 8 aromatic rings. The van der Waals surface area contributed by atoms with Crippen molar-refractivity contribution in [3.63, 3.8) is 0 Å². The number of carbonyl (C=O) groups is 1. The Morgan fingerprint density at radius 3 is 1.53 bits per heavy atom. The number of nitrogens with zero attached hydrogens (tertiary/aromatic N) is 4. The number of nitrogens with one attached hydrogen (secondary N) is 4. The Morgan fingerprint density at radius 2 is 1.07 bits per heavy atom. The predicted molar refractivity (Wildman–Crippen MR) is 280 cm³/mol. The average Bonchev–Trinajstić information content (AvgIpc) is 4.25. The van der Waals surface area contributed by atoms with Gasteiger partial charge in [0.1, 0.15) is 23.0 Å². The third-order valence-electron chi connectivity index (χ3n) is 14.0. The molecule has 0 radical (unpaired) electrons. The van der Waals surface area contributed by atoms with Gasteiger partial charge in [0.25, 0.3) is 6.47 Å². The number of imidazole rings is 2. The van der Waals surface area contributed by atoms with Gasteiger partial charge in [-0.3, -0.25) is 4.79 Å². The fourth-order valence-electron chi connectivity index (χ4n) is 9.10. The predicted octanol–water partition coefficient (Wildman–Crippen LogP) is 4.37. The molecule has 0 unspecified atom stereocenters. The van der Waals surface area contributed by atoms with E-state index in [0.717, 1.165) is 132 Å². The summed E-state index contributed by atoms with van der Waals surface area (Å²) in [6, 6.07) is 7.97. The summed E-state index contributed by atoms with van der Waals surface area (Å²) in [6.45, 7) is 21.9. The van der Waals surface area contributed by atoms with E-state index >= 15 is 0 Å². The zero-order valence-electron chi connectivity index (χ0n) is 46.7. The summed E-state index contributed by atoms with van der Waals surface area (Å²) in [5.74, 6) is 6.61. The number of aromatic nitrogens is 8. The summed E-state index contributed by atoms with van der Waals surface area (Å²) in [5.41, 5.74) is 11.9. The number of hydrogen-bond donors (Lipinski definition) is 4. The zero-order chi connectivity index (χ0) is 53.0. The van der Waals surface area contributed by atoms with E-state index in [2.05, 4.69) is 88.2 Å². The van der Waals surface area contributed by atoms with Crippen LogP contribution in [0.15, 0.2) is 56.4 Å². The molecule has 0 atom stereocenters. The van der Waals surface area contributed by atoms with Crippen molar-refractivity contribution < 1.29 is 182 Å². The molecule has 0 spiro atoms. The maximum absolute atomic E-state index is 12.1. The number of aryl methyl sites for hydroxylation is 4. The van der Waals surface area contributed by atoms with Crippen LogP contribution < -0.4 is 160 Å². The van der Waals surface area contributed by atoms with Crippen molar-refractivity contribution >= 4 is 57.1 Å². The van der Waals surface area contributed by atoms with Gasteiger partial charge >= 0.3 is 156 Å². The molecular formula is C53H64BBrCs2N8O11. The molecule has 7 heterocycles. The SMILES string of the molecule is Brc1c(C2CC2)noc1C1CC1.CC(C)C.Cc1noc(C)c1-c1cc(-c2c(C3CC3)noc2C2CC2)c2[nH]c(=O)[nH]c2c1.Cc1noc(C)c1-c1cc(B2OC(C)(C)C(C)(C)O2)c2[nH]c(=O)[nH]c2c1.O=CO[O-].[Cs+].[Cs+].[H-]. The van der Waals surface area contributed by atoms with Gasteiger partial charge in [-0.15, -0.1) is 0 Å². The Morgan fingerprint density at radius 1 is 0.645 bits per heavy atom. The van der Waals surface area contributed by atoms with Crippen molar-refractivity contribution in [2.45, 2.75) is 162 Å². The Hall–Kier alpha value is -2.18. The average molecular weight is 1350 g/mol. The van der Waals surface area contributed by atoms with Crippen LogP contribution in [0.3, 0.4) is 0 Å². The first-order valence-electron chi connectivity index (χ1n) is 25.3. The van der Waals surface area contributed by atoms with E-state index in [1.165, 1.54) is 25.7 Å². The topological polar surface area (TPSA) is 269 Å². The third-order valence-corrected chi connectivity index (χ3v) is 14.8. The third kappa shape index (κ3) is 13.8. The molecular weight excluding hydrogens is 1280 g/mol. The number of carbonyl (C=O) groups excluding carboxylic acids is 1. The van der Waals surface area contributed by atoms with Gasteiger partial charge in [0.2, 0.25) is 0 Å². The van der Waals surface area contributed by atoms with Crippen LogP contribution >= 0.6 is 15.9 Å². The first-order valence-corrected chi connectivity index (χ1v) is 26.1. The molecule has 4 aliphatic carbocycles. The van der Waals surface area contributed by atoms with Crippen LogP contribution in [0.5, 0.6) is 0 Å². The van der Waals surface area contributed by atoms with Gasteiger partial charge in [0.05, 0.1) is 60.4 Å². The summed E-state index contributed by atoms with van der Waals surface area (Å²) >= 11 is 3.58. The molecule has 0 amide bonds. The van der Waals surface area contributed by atoms with Gasteiger partial charge in [-0.2, -0.15) is 0 Å². The Balaban J connectivity index is 0.000000180. The van der Waals surface area contributed by atoms with Crippen molar-refractivity contribution in [2.24, 2.45) is 5.92 Å². The van der Waals surface area contributed by atoms with E-state index in [1.807, 2.05) is 73.6 Å². The van der Waals surface area contributed by atoms with Gasteiger partial charge in [0.15, 0.2) is 5.76 Å². The molecule has 5 fully saturated rings. The van der Waals surface area contributed by atoms with Crippen molar-refractivity contribution in [3.05, 3.63) is 95.5 Å². The van der Waals surface area contributed by atoms with Gasteiger partial charge in [-0.1, -0.05) is 47.5 Å². The minimum Gasteiger partial charge on any atom is -1.00 e.